The topological polar surface area (TPSA) is 72.5 Å². The third-order valence-corrected chi connectivity index (χ3v) is 3.42. The van der Waals surface area contributed by atoms with Gasteiger partial charge in [-0.2, -0.15) is 0 Å². The van der Waals surface area contributed by atoms with Gasteiger partial charge in [0.05, 0.1) is 13.0 Å². The summed E-state index contributed by atoms with van der Waals surface area (Å²) in [5.41, 5.74) is 6.64. The lowest BCUT2D eigenvalue weighted by molar-refractivity contribution is -0.141. The summed E-state index contributed by atoms with van der Waals surface area (Å²) >= 11 is 0. The number of carbonyl (C=O) groups is 1. The first kappa shape index (κ1) is 15.5. The number of carboxylic acid groups (broad SMARTS) is 1. The van der Waals surface area contributed by atoms with Crippen molar-refractivity contribution in [3.05, 3.63) is 29.8 Å². The van der Waals surface area contributed by atoms with E-state index in [2.05, 4.69) is 6.92 Å². The summed E-state index contributed by atoms with van der Waals surface area (Å²) in [5.74, 6) is -0.0165. The molecule has 106 valence electrons. The van der Waals surface area contributed by atoms with Crippen molar-refractivity contribution in [2.24, 2.45) is 17.6 Å². The van der Waals surface area contributed by atoms with Crippen LogP contribution in [0.2, 0.25) is 0 Å². The summed E-state index contributed by atoms with van der Waals surface area (Å²) in [7, 11) is 1.66. The fourth-order valence-corrected chi connectivity index (χ4v) is 2.21. The second kappa shape index (κ2) is 7.79. The van der Waals surface area contributed by atoms with Gasteiger partial charge < -0.3 is 15.6 Å². The van der Waals surface area contributed by atoms with Crippen LogP contribution in [-0.2, 0) is 11.2 Å². The highest BCUT2D eigenvalue weighted by Crippen LogP contribution is 2.23. The molecule has 0 saturated carbocycles. The summed E-state index contributed by atoms with van der Waals surface area (Å²) in [4.78, 5) is 10.9. The van der Waals surface area contributed by atoms with Gasteiger partial charge in [-0.15, -0.1) is 0 Å². The largest absolute Gasteiger partial charge is 0.496 e. The molecule has 0 saturated heterocycles. The maximum atomic E-state index is 10.9. The second-order valence-corrected chi connectivity index (χ2v) is 4.96. The molecular weight excluding hydrogens is 242 g/mol. The quantitative estimate of drug-likeness (QED) is 0.756. The van der Waals surface area contributed by atoms with Crippen LogP contribution in [0.1, 0.15) is 25.3 Å². The smallest absolute Gasteiger partial charge is 0.307 e. The van der Waals surface area contributed by atoms with Crippen LogP contribution < -0.4 is 10.5 Å². The van der Waals surface area contributed by atoms with Crippen molar-refractivity contribution in [2.75, 3.05) is 13.7 Å². The van der Waals surface area contributed by atoms with Crippen LogP contribution >= 0.6 is 0 Å². The lowest BCUT2D eigenvalue weighted by atomic mass is 9.91. The van der Waals surface area contributed by atoms with E-state index in [1.807, 2.05) is 24.3 Å². The number of ether oxygens (including phenoxy) is 1. The Hall–Kier alpha value is -1.55. The zero-order valence-electron chi connectivity index (χ0n) is 11.6. The van der Waals surface area contributed by atoms with Crippen molar-refractivity contribution >= 4 is 5.97 Å². The van der Waals surface area contributed by atoms with E-state index in [0.29, 0.717) is 12.3 Å². The van der Waals surface area contributed by atoms with Crippen LogP contribution in [0.4, 0.5) is 0 Å². The average Bonchev–Trinajstić information content (AvgIpc) is 2.42. The Morgan fingerprint density at radius 3 is 2.68 bits per heavy atom. The Kier molecular flexibility index (Phi) is 6.36. The summed E-state index contributed by atoms with van der Waals surface area (Å²) in [6.07, 6.45) is 2.45. The van der Waals surface area contributed by atoms with Crippen molar-refractivity contribution in [3.63, 3.8) is 0 Å². The van der Waals surface area contributed by atoms with Gasteiger partial charge in [0.2, 0.25) is 0 Å². The maximum Gasteiger partial charge on any atom is 0.307 e. The minimum atomic E-state index is -0.799. The molecule has 0 radical (unpaired) electrons. The van der Waals surface area contributed by atoms with Gasteiger partial charge in [0.1, 0.15) is 5.75 Å². The second-order valence-electron chi connectivity index (χ2n) is 4.96. The number of methoxy groups -OCH3 is 1. The van der Waals surface area contributed by atoms with Gasteiger partial charge >= 0.3 is 5.97 Å². The van der Waals surface area contributed by atoms with Gasteiger partial charge in [-0.25, -0.2) is 0 Å². The minimum absolute atomic E-state index is 0.203. The van der Waals surface area contributed by atoms with Gasteiger partial charge in [-0.3, -0.25) is 4.79 Å². The fourth-order valence-electron chi connectivity index (χ4n) is 2.21. The van der Waals surface area contributed by atoms with E-state index in [1.165, 1.54) is 0 Å². The Morgan fingerprint density at radius 1 is 1.42 bits per heavy atom. The molecular formula is C15H23NO3. The minimum Gasteiger partial charge on any atom is -0.496 e. The van der Waals surface area contributed by atoms with E-state index < -0.39 is 11.9 Å². The SMILES string of the molecule is COc1ccccc1CCC(C)CC(CN)C(=O)O. The van der Waals surface area contributed by atoms with Crippen molar-refractivity contribution in [1.29, 1.82) is 0 Å². The third kappa shape index (κ3) is 4.91. The molecule has 1 aromatic carbocycles. The van der Waals surface area contributed by atoms with Crippen LogP contribution in [-0.4, -0.2) is 24.7 Å². The number of aryl methyl sites for hydroxylation is 1. The van der Waals surface area contributed by atoms with E-state index in [4.69, 9.17) is 15.6 Å². The Balaban J connectivity index is 2.49. The number of hydrogen-bond donors (Lipinski definition) is 2. The number of aliphatic carboxylic acids is 1. The van der Waals surface area contributed by atoms with E-state index >= 15 is 0 Å². The number of rotatable bonds is 8. The lowest BCUT2D eigenvalue weighted by Gasteiger charge is -2.16. The zero-order chi connectivity index (χ0) is 14.3. The molecule has 4 nitrogen and oxygen atoms in total. The Morgan fingerprint density at radius 2 is 2.11 bits per heavy atom. The first-order valence-electron chi connectivity index (χ1n) is 6.63. The van der Waals surface area contributed by atoms with Gasteiger partial charge in [0.15, 0.2) is 0 Å². The van der Waals surface area contributed by atoms with Crippen LogP contribution in [0.5, 0.6) is 5.75 Å². The predicted molar refractivity (Wildman–Crippen MR) is 75.3 cm³/mol. The summed E-state index contributed by atoms with van der Waals surface area (Å²) in [5, 5.41) is 8.99. The average molecular weight is 265 g/mol. The molecule has 19 heavy (non-hydrogen) atoms. The number of hydrogen-bond acceptors (Lipinski definition) is 3. The molecule has 0 spiro atoms. The summed E-state index contributed by atoms with van der Waals surface area (Å²) < 4.78 is 5.30. The summed E-state index contributed by atoms with van der Waals surface area (Å²) in [6, 6.07) is 7.92. The van der Waals surface area contributed by atoms with Crippen molar-refractivity contribution in [3.8, 4) is 5.75 Å². The molecule has 0 heterocycles. The van der Waals surface area contributed by atoms with Crippen molar-refractivity contribution in [2.45, 2.75) is 26.2 Å². The molecule has 0 fully saturated rings. The number of para-hydroxylation sites is 1. The molecule has 0 aliphatic carbocycles. The van der Waals surface area contributed by atoms with Crippen molar-refractivity contribution in [1.82, 2.24) is 0 Å². The highest BCUT2D eigenvalue weighted by molar-refractivity contribution is 5.70. The highest BCUT2D eigenvalue weighted by Gasteiger charge is 2.18. The number of carboxylic acids is 1. The Bertz CT molecular complexity index is 406. The third-order valence-electron chi connectivity index (χ3n) is 3.42. The first-order valence-corrected chi connectivity index (χ1v) is 6.63. The van der Waals surface area contributed by atoms with Crippen LogP contribution in [0.25, 0.3) is 0 Å². The van der Waals surface area contributed by atoms with Gasteiger partial charge in [0, 0.05) is 6.54 Å². The van der Waals surface area contributed by atoms with Gasteiger partial charge in [0.25, 0.3) is 0 Å². The van der Waals surface area contributed by atoms with Crippen molar-refractivity contribution < 1.29 is 14.6 Å². The number of nitrogens with two attached hydrogens (primary N) is 1. The van der Waals surface area contributed by atoms with E-state index in [1.54, 1.807) is 7.11 Å². The van der Waals surface area contributed by atoms with E-state index in [0.717, 1.165) is 24.2 Å². The van der Waals surface area contributed by atoms with Crippen LogP contribution in [0.15, 0.2) is 24.3 Å². The molecule has 3 N–H and O–H groups in total. The van der Waals surface area contributed by atoms with E-state index in [-0.39, 0.29) is 6.54 Å². The monoisotopic (exact) mass is 265 g/mol. The highest BCUT2D eigenvalue weighted by atomic mass is 16.5. The summed E-state index contributed by atoms with van der Waals surface area (Å²) in [6.45, 7) is 2.27. The predicted octanol–water partition coefficient (Wildman–Crippen LogP) is 2.31. The first-order chi connectivity index (χ1) is 9.08. The number of benzene rings is 1. The normalized spacial score (nSPS) is 13.8. The Labute approximate surface area is 114 Å². The molecule has 4 heteroatoms. The lowest BCUT2D eigenvalue weighted by Crippen LogP contribution is -2.25. The van der Waals surface area contributed by atoms with E-state index in [9.17, 15) is 4.79 Å². The molecule has 0 bridgehead atoms. The standard InChI is InChI=1S/C15H23NO3/c1-11(9-13(10-16)15(17)18)7-8-12-5-3-4-6-14(12)19-2/h3-6,11,13H,7-10,16H2,1-2H3,(H,17,18). The molecule has 0 aliphatic rings. The molecule has 0 aliphatic heterocycles. The maximum absolute atomic E-state index is 10.9. The van der Waals surface area contributed by atoms with Gasteiger partial charge in [-0.1, -0.05) is 25.1 Å². The molecule has 0 amide bonds. The molecule has 1 aromatic rings. The zero-order valence-corrected chi connectivity index (χ0v) is 11.6. The molecule has 2 unspecified atom stereocenters. The van der Waals surface area contributed by atoms with Crippen LogP contribution in [0, 0.1) is 11.8 Å². The molecule has 0 aromatic heterocycles. The fraction of sp³-hybridized carbons (Fsp3) is 0.533. The molecule has 2 atom stereocenters. The van der Waals surface area contributed by atoms with Gasteiger partial charge in [-0.05, 0) is 36.8 Å². The van der Waals surface area contributed by atoms with Crippen LogP contribution in [0.3, 0.4) is 0 Å². The molecule has 1 rings (SSSR count).